The molecule has 1 aliphatic carbocycles. The van der Waals surface area contributed by atoms with Crippen molar-refractivity contribution in [1.82, 2.24) is 9.55 Å². The van der Waals surface area contributed by atoms with Gasteiger partial charge in [-0.25, -0.2) is 18.2 Å². The Labute approximate surface area is 211 Å². The SMILES string of the molecule is N#Cc1ccc(OCC(C2CCCCC2)n2c(-c3ccc(Cl)cc3)nc3cc(F)c(F)cc32)c(F)c1. The van der Waals surface area contributed by atoms with Gasteiger partial charge in [0.25, 0.3) is 0 Å². The fourth-order valence-electron chi connectivity index (χ4n) is 5.03. The van der Waals surface area contributed by atoms with Gasteiger partial charge in [-0.1, -0.05) is 30.9 Å². The molecule has 1 saturated carbocycles. The maximum atomic E-state index is 14.6. The molecule has 0 amide bonds. The average Bonchev–Trinajstić information content (AvgIpc) is 3.24. The van der Waals surface area contributed by atoms with E-state index in [1.165, 1.54) is 12.1 Å². The topological polar surface area (TPSA) is 50.8 Å². The highest BCUT2D eigenvalue weighted by atomic mass is 35.5. The first-order chi connectivity index (χ1) is 17.4. The van der Waals surface area contributed by atoms with Gasteiger partial charge in [-0.2, -0.15) is 5.26 Å². The van der Waals surface area contributed by atoms with E-state index in [2.05, 4.69) is 4.98 Å². The van der Waals surface area contributed by atoms with Crippen molar-refractivity contribution in [3.8, 4) is 23.2 Å². The maximum Gasteiger partial charge on any atom is 0.166 e. The first-order valence-corrected chi connectivity index (χ1v) is 12.3. The minimum absolute atomic E-state index is 0.0319. The standard InChI is InChI=1S/C28H23ClF3N3O/c29-20-9-7-19(8-10-20)28-34-24-13-21(30)22(31)14-25(24)35(28)26(18-4-2-1-3-5-18)16-36-27-11-6-17(15-33)12-23(27)32/h6-14,18,26H,1-5,16H2. The molecule has 1 aliphatic rings. The molecule has 184 valence electrons. The van der Waals surface area contributed by atoms with E-state index in [1.54, 1.807) is 12.1 Å². The molecule has 8 heteroatoms. The van der Waals surface area contributed by atoms with E-state index in [0.717, 1.165) is 55.9 Å². The third kappa shape index (κ3) is 4.78. The number of hydrogen-bond donors (Lipinski definition) is 0. The lowest BCUT2D eigenvalue weighted by Gasteiger charge is -2.32. The molecule has 0 aliphatic heterocycles. The van der Waals surface area contributed by atoms with Crippen LogP contribution in [0.25, 0.3) is 22.4 Å². The van der Waals surface area contributed by atoms with Gasteiger partial charge in [0.2, 0.25) is 0 Å². The number of imidazole rings is 1. The Hall–Kier alpha value is -3.50. The second-order valence-electron chi connectivity index (χ2n) is 9.10. The van der Waals surface area contributed by atoms with Gasteiger partial charge in [-0.15, -0.1) is 0 Å². The molecule has 5 rings (SSSR count). The molecular formula is C28H23ClF3N3O. The number of rotatable bonds is 6. The van der Waals surface area contributed by atoms with Crippen molar-refractivity contribution in [2.45, 2.75) is 38.1 Å². The summed E-state index contributed by atoms with van der Waals surface area (Å²) in [7, 11) is 0. The summed E-state index contributed by atoms with van der Waals surface area (Å²) in [4.78, 5) is 4.67. The molecule has 3 aromatic carbocycles. The lowest BCUT2D eigenvalue weighted by atomic mass is 9.83. The van der Waals surface area contributed by atoms with Gasteiger partial charge in [-0.05, 0) is 61.2 Å². The van der Waals surface area contributed by atoms with E-state index in [1.807, 2.05) is 22.8 Å². The number of hydrogen-bond acceptors (Lipinski definition) is 3. The van der Waals surface area contributed by atoms with Crippen LogP contribution in [0.5, 0.6) is 5.75 Å². The summed E-state index contributed by atoms with van der Waals surface area (Å²) in [5.74, 6) is -1.84. The zero-order valence-corrected chi connectivity index (χ0v) is 20.1. The van der Waals surface area contributed by atoms with Gasteiger partial charge in [0.1, 0.15) is 12.4 Å². The number of nitriles is 1. The van der Waals surface area contributed by atoms with Crippen molar-refractivity contribution in [3.05, 3.63) is 82.6 Å². The van der Waals surface area contributed by atoms with Crippen LogP contribution in [-0.4, -0.2) is 16.2 Å². The smallest absolute Gasteiger partial charge is 0.166 e. The quantitative estimate of drug-likeness (QED) is 0.266. The highest BCUT2D eigenvalue weighted by Crippen LogP contribution is 2.39. The van der Waals surface area contributed by atoms with Crippen LogP contribution in [-0.2, 0) is 0 Å². The fourth-order valence-corrected chi connectivity index (χ4v) is 5.16. The average molecular weight is 510 g/mol. The van der Waals surface area contributed by atoms with E-state index in [0.29, 0.717) is 21.9 Å². The Morgan fingerprint density at radius 3 is 2.39 bits per heavy atom. The Morgan fingerprint density at radius 1 is 0.972 bits per heavy atom. The van der Waals surface area contributed by atoms with Crippen molar-refractivity contribution in [3.63, 3.8) is 0 Å². The molecule has 1 unspecified atom stereocenters. The molecule has 4 aromatic rings. The van der Waals surface area contributed by atoms with E-state index >= 15 is 0 Å². The molecule has 4 nitrogen and oxygen atoms in total. The number of halogens is 4. The highest BCUT2D eigenvalue weighted by Gasteiger charge is 2.30. The van der Waals surface area contributed by atoms with Gasteiger partial charge < -0.3 is 9.30 Å². The van der Waals surface area contributed by atoms with Crippen LogP contribution >= 0.6 is 11.6 Å². The largest absolute Gasteiger partial charge is 0.488 e. The second kappa shape index (κ2) is 10.2. The molecule has 0 spiro atoms. The number of benzene rings is 3. The van der Waals surface area contributed by atoms with Gasteiger partial charge in [0, 0.05) is 22.7 Å². The number of nitrogens with zero attached hydrogens (tertiary/aromatic N) is 3. The monoisotopic (exact) mass is 509 g/mol. The van der Waals surface area contributed by atoms with Crippen LogP contribution in [0.15, 0.2) is 54.6 Å². The predicted octanol–water partition coefficient (Wildman–Crippen LogP) is 7.85. The normalized spacial score (nSPS) is 15.1. The van der Waals surface area contributed by atoms with Gasteiger partial charge in [0.05, 0.1) is 28.7 Å². The van der Waals surface area contributed by atoms with Crippen molar-refractivity contribution < 1.29 is 17.9 Å². The lowest BCUT2D eigenvalue weighted by Crippen LogP contribution is -2.28. The molecule has 36 heavy (non-hydrogen) atoms. The second-order valence-corrected chi connectivity index (χ2v) is 9.54. The number of aromatic nitrogens is 2. The van der Waals surface area contributed by atoms with Gasteiger partial charge in [0.15, 0.2) is 23.2 Å². The van der Waals surface area contributed by atoms with Crippen molar-refractivity contribution in [2.75, 3.05) is 6.61 Å². The summed E-state index contributed by atoms with van der Waals surface area (Å²) >= 11 is 6.10. The highest BCUT2D eigenvalue weighted by molar-refractivity contribution is 6.30. The minimum Gasteiger partial charge on any atom is -0.488 e. The third-order valence-corrected chi connectivity index (χ3v) is 7.08. The number of ether oxygens (including phenoxy) is 1. The summed E-state index contributed by atoms with van der Waals surface area (Å²) in [6.07, 6.45) is 5.06. The Kier molecular flexibility index (Phi) is 6.88. The van der Waals surface area contributed by atoms with E-state index < -0.39 is 17.5 Å². The molecule has 0 radical (unpaired) electrons. The Balaban J connectivity index is 1.63. The van der Waals surface area contributed by atoms with Gasteiger partial charge in [-0.3, -0.25) is 0 Å². The molecule has 0 saturated heterocycles. The minimum atomic E-state index is -0.972. The summed E-state index contributed by atoms with van der Waals surface area (Å²) in [5, 5.41) is 9.59. The summed E-state index contributed by atoms with van der Waals surface area (Å²) in [6.45, 7) is 0.0958. The first-order valence-electron chi connectivity index (χ1n) is 11.9. The van der Waals surface area contributed by atoms with Crippen LogP contribution in [0.1, 0.15) is 43.7 Å². The van der Waals surface area contributed by atoms with Crippen LogP contribution in [0.3, 0.4) is 0 Å². The van der Waals surface area contributed by atoms with E-state index in [4.69, 9.17) is 21.6 Å². The molecule has 0 N–H and O–H groups in total. The van der Waals surface area contributed by atoms with Gasteiger partial charge >= 0.3 is 0 Å². The van der Waals surface area contributed by atoms with E-state index in [9.17, 15) is 13.2 Å². The van der Waals surface area contributed by atoms with Crippen LogP contribution in [0.2, 0.25) is 5.02 Å². The van der Waals surface area contributed by atoms with Crippen LogP contribution < -0.4 is 4.74 Å². The van der Waals surface area contributed by atoms with Crippen LogP contribution in [0.4, 0.5) is 13.2 Å². The molecule has 1 heterocycles. The van der Waals surface area contributed by atoms with Crippen molar-refractivity contribution >= 4 is 22.6 Å². The van der Waals surface area contributed by atoms with Crippen molar-refractivity contribution in [1.29, 1.82) is 5.26 Å². The Bertz CT molecular complexity index is 1440. The molecule has 1 aromatic heterocycles. The molecular weight excluding hydrogens is 487 g/mol. The van der Waals surface area contributed by atoms with Crippen LogP contribution in [0, 0.1) is 34.7 Å². The predicted molar refractivity (Wildman–Crippen MR) is 132 cm³/mol. The summed E-state index contributed by atoms with van der Waals surface area (Å²) in [5.41, 5.74) is 1.70. The Morgan fingerprint density at radius 2 is 1.69 bits per heavy atom. The van der Waals surface area contributed by atoms with Crippen molar-refractivity contribution in [2.24, 2.45) is 5.92 Å². The molecule has 1 fully saturated rings. The van der Waals surface area contributed by atoms with E-state index in [-0.39, 0.29) is 29.9 Å². The third-order valence-electron chi connectivity index (χ3n) is 6.83. The zero-order chi connectivity index (χ0) is 25.2. The fraction of sp³-hybridized carbons (Fsp3) is 0.286. The number of fused-ring (bicyclic) bond motifs is 1. The molecule has 0 bridgehead atoms. The summed E-state index contributed by atoms with van der Waals surface area (Å²) in [6, 6.07) is 15.0. The lowest BCUT2D eigenvalue weighted by molar-refractivity contribution is 0.166. The first kappa shape index (κ1) is 24.2. The maximum absolute atomic E-state index is 14.6. The molecule has 1 atom stereocenters. The summed E-state index contributed by atoms with van der Waals surface area (Å²) < 4.78 is 51.1. The zero-order valence-electron chi connectivity index (χ0n) is 19.4.